The Labute approximate surface area is 128 Å². The van der Waals surface area contributed by atoms with E-state index in [1.54, 1.807) is 30.0 Å². The highest BCUT2D eigenvalue weighted by Gasteiger charge is 2.10. The summed E-state index contributed by atoms with van der Waals surface area (Å²) in [6.45, 7) is 1.93. The Hall–Kier alpha value is -1.39. The van der Waals surface area contributed by atoms with Crippen molar-refractivity contribution in [1.29, 1.82) is 0 Å². The number of rotatable bonds is 6. The van der Waals surface area contributed by atoms with E-state index in [4.69, 9.17) is 0 Å². The van der Waals surface area contributed by atoms with Crippen LogP contribution in [0, 0.1) is 18.6 Å². The van der Waals surface area contributed by atoms with Gasteiger partial charge in [0.15, 0.2) is 0 Å². The number of thioether (sulfide) groups is 1. The molecule has 0 fully saturated rings. The monoisotopic (exact) mass is 307 g/mol. The predicted molar refractivity (Wildman–Crippen MR) is 84.8 cm³/mol. The van der Waals surface area contributed by atoms with E-state index in [0.29, 0.717) is 0 Å². The topological polar surface area (TPSA) is 12.0 Å². The summed E-state index contributed by atoms with van der Waals surface area (Å²) in [5.41, 5.74) is 2.12. The molecular weight excluding hydrogens is 288 g/mol. The van der Waals surface area contributed by atoms with E-state index < -0.39 is 0 Å². The third-order valence-corrected chi connectivity index (χ3v) is 4.62. The molecule has 0 amide bonds. The van der Waals surface area contributed by atoms with Gasteiger partial charge in [0.25, 0.3) is 0 Å². The number of aryl methyl sites for hydroxylation is 1. The molecule has 0 saturated carbocycles. The van der Waals surface area contributed by atoms with Crippen LogP contribution in [0.5, 0.6) is 0 Å². The van der Waals surface area contributed by atoms with Crippen LogP contribution >= 0.6 is 11.8 Å². The highest BCUT2D eigenvalue weighted by atomic mass is 32.2. The Morgan fingerprint density at radius 1 is 1.05 bits per heavy atom. The standard InChI is InChI=1S/C17H19F2NS/c1-12-9-15(19)4-3-13(12)10-16(20-2)11-21-17-7-5-14(18)6-8-17/h3-9,16,20H,10-11H2,1-2H3. The fourth-order valence-electron chi connectivity index (χ4n) is 2.13. The Morgan fingerprint density at radius 3 is 2.33 bits per heavy atom. The van der Waals surface area contributed by atoms with Crippen molar-refractivity contribution in [1.82, 2.24) is 5.32 Å². The number of halogens is 2. The zero-order chi connectivity index (χ0) is 15.2. The summed E-state index contributed by atoms with van der Waals surface area (Å²) in [6, 6.07) is 11.7. The lowest BCUT2D eigenvalue weighted by molar-refractivity contribution is 0.607. The van der Waals surface area contributed by atoms with Gasteiger partial charge in [0, 0.05) is 16.7 Å². The highest BCUT2D eigenvalue weighted by Crippen LogP contribution is 2.21. The molecule has 1 nitrogen and oxygen atoms in total. The summed E-state index contributed by atoms with van der Waals surface area (Å²) in [7, 11) is 1.93. The molecule has 4 heteroatoms. The lowest BCUT2D eigenvalue weighted by atomic mass is 10.0. The minimum Gasteiger partial charge on any atom is -0.316 e. The van der Waals surface area contributed by atoms with Crippen molar-refractivity contribution in [2.75, 3.05) is 12.8 Å². The predicted octanol–water partition coefficient (Wildman–Crippen LogP) is 4.20. The number of hydrogen-bond acceptors (Lipinski definition) is 2. The van der Waals surface area contributed by atoms with Crippen molar-refractivity contribution in [3.63, 3.8) is 0 Å². The van der Waals surface area contributed by atoms with E-state index in [2.05, 4.69) is 5.32 Å². The fourth-order valence-corrected chi connectivity index (χ4v) is 3.13. The second kappa shape index (κ2) is 7.57. The molecule has 1 unspecified atom stereocenters. The third kappa shape index (κ3) is 4.83. The Kier molecular flexibility index (Phi) is 5.76. The summed E-state index contributed by atoms with van der Waals surface area (Å²) in [5.74, 6) is 0.461. The molecule has 0 saturated heterocycles. The fraction of sp³-hybridized carbons (Fsp3) is 0.294. The van der Waals surface area contributed by atoms with Crippen LogP contribution < -0.4 is 5.32 Å². The van der Waals surface area contributed by atoms with Crippen molar-refractivity contribution < 1.29 is 8.78 Å². The van der Waals surface area contributed by atoms with Gasteiger partial charge in [0.1, 0.15) is 11.6 Å². The molecule has 1 atom stereocenters. The van der Waals surface area contributed by atoms with E-state index in [9.17, 15) is 8.78 Å². The lowest BCUT2D eigenvalue weighted by Crippen LogP contribution is -2.30. The summed E-state index contributed by atoms with van der Waals surface area (Å²) >= 11 is 1.69. The van der Waals surface area contributed by atoms with Gasteiger partial charge in [0.05, 0.1) is 0 Å². The first-order valence-corrected chi connectivity index (χ1v) is 7.87. The van der Waals surface area contributed by atoms with Gasteiger partial charge in [-0.05, 0) is 67.9 Å². The van der Waals surface area contributed by atoms with E-state index in [1.165, 1.54) is 18.2 Å². The summed E-state index contributed by atoms with van der Waals surface area (Å²) in [6.07, 6.45) is 0.844. The van der Waals surface area contributed by atoms with Gasteiger partial charge in [-0.25, -0.2) is 8.78 Å². The molecule has 112 valence electrons. The van der Waals surface area contributed by atoms with Gasteiger partial charge in [0.2, 0.25) is 0 Å². The number of hydrogen-bond donors (Lipinski definition) is 1. The van der Waals surface area contributed by atoms with Gasteiger partial charge < -0.3 is 5.32 Å². The van der Waals surface area contributed by atoms with Crippen LogP contribution in [-0.2, 0) is 6.42 Å². The van der Waals surface area contributed by atoms with Crippen molar-refractivity contribution in [3.05, 3.63) is 65.2 Å². The normalized spacial score (nSPS) is 12.4. The van der Waals surface area contributed by atoms with Gasteiger partial charge in [-0.1, -0.05) is 6.07 Å². The summed E-state index contributed by atoms with van der Waals surface area (Å²) in [5, 5.41) is 3.29. The van der Waals surface area contributed by atoms with Gasteiger partial charge in [-0.15, -0.1) is 11.8 Å². The Morgan fingerprint density at radius 2 is 1.71 bits per heavy atom. The molecule has 1 N–H and O–H groups in total. The highest BCUT2D eigenvalue weighted by molar-refractivity contribution is 7.99. The molecule has 0 bridgehead atoms. The number of likely N-dealkylation sites (N-methyl/N-ethyl adjacent to an activating group) is 1. The van der Waals surface area contributed by atoms with Crippen molar-refractivity contribution in [3.8, 4) is 0 Å². The minimum absolute atomic E-state index is 0.196. The van der Waals surface area contributed by atoms with Crippen LogP contribution in [0.1, 0.15) is 11.1 Å². The van der Waals surface area contributed by atoms with Crippen LogP contribution in [-0.4, -0.2) is 18.8 Å². The molecule has 0 heterocycles. The SMILES string of the molecule is CNC(CSc1ccc(F)cc1)Cc1ccc(F)cc1C. The first-order chi connectivity index (χ1) is 10.1. The number of benzene rings is 2. The zero-order valence-corrected chi connectivity index (χ0v) is 13.0. The maximum absolute atomic E-state index is 13.1. The Balaban J connectivity index is 1.95. The molecule has 2 rings (SSSR count). The van der Waals surface area contributed by atoms with Crippen LogP contribution in [0.2, 0.25) is 0 Å². The van der Waals surface area contributed by atoms with Crippen molar-refractivity contribution >= 4 is 11.8 Å². The first kappa shape index (κ1) is 16.0. The maximum Gasteiger partial charge on any atom is 0.123 e. The van der Waals surface area contributed by atoms with Gasteiger partial charge in [-0.3, -0.25) is 0 Å². The lowest BCUT2D eigenvalue weighted by Gasteiger charge is -2.17. The zero-order valence-electron chi connectivity index (χ0n) is 12.2. The molecule has 0 spiro atoms. The number of nitrogens with one attached hydrogen (secondary N) is 1. The molecule has 0 radical (unpaired) electrons. The second-order valence-corrected chi connectivity index (χ2v) is 6.12. The molecule has 2 aromatic rings. The quantitative estimate of drug-likeness (QED) is 0.803. The average Bonchev–Trinajstić information content (AvgIpc) is 2.47. The first-order valence-electron chi connectivity index (χ1n) is 6.89. The molecule has 0 aromatic heterocycles. The minimum atomic E-state index is -0.216. The van der Waals surface area contributed by atoms with Crippen LogP contribution in [0.3, 0.4) is 0 Å². The van der Waals surface area contributed by atoms with E-state index in [-0.39, 0.29) is 17.7 Å². The van der Waals surface area contributed by atoms with Crippen LogP contribution in [0.4, 0.5) is 8.78 Å². The van der Waals surface area contributed by atoms with E-state index in [1.807, 2.05) is 20.0 Å². The van der Waals surface area contributed by atoms with Gasteiger partial charge in [-0.2, -0.15) is 0 Å². The molecule has 2 aromatic carbocycles. The molecule has 0 aliphatic heterocycles. The van der Waals surface area contributed by atoms with Crippen molar-refractivity contribution in [2.45, 2.75) is 24.3 Å². The summed E-state index contributed by atoms with van der Waals surface area (Å²) in [4.78, 5) is 1.05. The smallest absolute Gasteiger partial charge is 0.123 e. The molecule has 21 heavy (non-hydrogen) atoms. The maximum atomic E-state index is 13.1. The molecule has 0 aliphatic carbocycles. The average molecular weight is 307 g/mol. The van der Waals surface area contributed by atoms with Gasteiger partial charge >= 0.3 is 0 Å². The van der Waals surface area contributed by atoms with E-state index in [0.717, 1.165) is 28.2 Å². The van der Waals surface area contributed by atoms with E-state index >= 15 is 0 Å². The van der Waals surface area contributed by atoms with Crippen LogP contribution in [0.15, 0.2) is 47.4 Å². The molecular formula is C17H19F2NS. The third-order valence-electron chi connectivity index (χ3n) is 3.44. The van der Waals surface area contributed by atoms with Crippen molar-refractivity contribution in [2.24, 2.45) is 0 Å². The second-order valence-electron chi connectivity index (χ2n) is 5.03. The summed E-state index contributed by atoms with van der Waals surface area (Å²) < 4.78 is 26.0. The van der Waals surface area contributed by atoms with Crippen LogP contribution in [0.25, 0.3) is 0 Å². The molecule has 0 aliphatic rings. The largest absolute Gasteiger partial charge is 0.316 e. The Bertz CT molecular complexity index is 584.